The number of sulfonamides is 1. The molecule has 1 fully saturated rings. The Kier molecular flexibility index (Phi) is 7.39. The van der Waals surface area contributed by atoms with Crippen molar-refractivity contribution in [1.29, 1.82) is 0 Å². The highest BCUT2D eigenvalue weighted by Gasteiger charge is 2.25. The van der Waals surface area contributed by atoms with E-state index in [1.807, 2.05) is 16.4 Å². The average Bonchev–Trinajstić information content (AvgIpc) is 3.12. The maximum atomic E-state index is 13.0. The van der Waals surface area contributed by atoms with Crippen LogP contribution in [0.15, 0.2) is 23.1 Å². The number of hydrogen-bond donors (Lipinski definition) is 0. The molecule has 1 heterocycles. The van der Waals surface area contributed by atoms with Gasteiger partial charge in [-0.2, -0.15) is 0 Å². The minimum absolute atomic E-state index is 0.0652. The van der Waals surface area contributed by atoms with E-state index >= 15 is 0 Å². The summed E-state index contributed by atoms with van der Waals surface area (Å²) in [7, 11) is -0.511. The van der Waals surface area contributed by atoms with Gasteiger partial charge in [0.1, 0.15) is 5.82 Å². The lowest BCUT2D eigenvalue weighted by molar-refractivity contribution is -0.133. The summed E-state index contributed by atoms with van der Waals surface area (Å²) in [4.78, 5) is 19.7. The lowest BCUT2D eigenvalue weighted by Crippen LogP contribution is -2.41. The molecule has 0 bridgehead atoms. The standard InChI is InChI=1S/C23H32N4O3S/c1-5-16-27(18-10-8-7-9-11-18)23(28)15-14-22-24-20-17-19(31(29,30)25(3)4)12-13-21(20)26(22)6-2/h1,12-13,17-18H,6-11,14-16H2,2-4H3. The number of nitrogens with zero attached hydrogens (tertiary/aromatic N) is 4. The van der Waals surface area contributed by atoms with Crippen LogP contribution in [0.1, 0.15) is 51.3 Å². The molecule has 1 aliphatic carbocycles. The van der Waals surface area contributed by atoms with Crippen molar-refractivity contribution < 1.29 is 13.2 Å². The first kappa shape index (κ1) is 23.3. The Morgan fingerprint density at radius 1 is 1.26 bits per heavy atom. The maximum absolute atomic E-state index is 13.0. The van der Waals surface area contributed by atoms with Gasteiger partial charge >= 0.3 is 0 Å². The Balaban J connectivity index is 1.82. The Bertz CT molecular complexity index is 1080. The summed E-state index contributed by atoms with van der Waals surface area (Å²) in [5, 5.41) is 0. The number of aromatic nitrogens is 2. The lowest BCUT2D eigenvalue weighted by Gasteiger charge is -2.33. The van der Waals surface area contributed by atoms with E-state index in [1.54, 1.807) is 18.2 Å². The van der Waals surface area contributed by atoms with Crippen molar-refractivity contribution in [2.24, 2.45) is 0 Å². The third kappa shape index (κ3) is 4.94. The minimum atomic E-state index is -3.53. The fraction of sp³-hybridized carbons (Fsp3) is 0.565. The van der Waals surface area contributed by atoms with Crippen LogP contribution in [0.25, 0.3) is 11.0 Å². The van der Waals surface area contributed by atoms with Crippen LogP contribution in [0.5, 0.6) is 0 Å². The van der Waals surface area contributed by atoms with E-state index in [4.69, 9.17) is 6.42 Å². The number of hydrogen-bond acceptors (Lipinski definition) is 4. The second-order valence-electron chi connectivity index (χ2n) is 8.23. The Hall–Kier alpha value is -2.37. The molecule has 1 amide bonds. The predicted octanol–water partition coefficient (Wildman–Crippen LogP) is 3.03. The van der Waals surface area contributed by atoms with Crippen molar-refractivity contribution in [2.75, 3.05) is 20.6 Å². The summed E-state index contributed by atoms with van der Waals surface area (Å²) in [6.45, 7) is 3.06. The Morgan fingerprint density at radius 2 is 1.97 bits per heavy atom. The molecule has 0 N–H and O–H groups in total. The molecule has 0 radical (unpaired) electrons. The second-order valence-corrected chi connectivity index (χ2v) is 10.4. The normalized spacial score (nSPS) is 15.3. The lowest BCUT2D eigenvalue weighted by atomic mass is 9.94. The fourth-order valence-electron chi connectivity index (χ4n) is 4.35. The topological polar surface area (TPSA) is 75.5 Å². The molecule has 0 spiro atoms. The van der Waals surface area contributed by atoms with Crippen LogP contribution in [0, 0.1) is 12.3 Å². The number of fused-ring (bicyclic) bond motifs is 1. The molecular weight excluding hydrogens is 412 g/mol. The summed E-state index contributed by atoms with van der Waals surface area (Å²) < 4.78 is 28.2. The second kappa shape index (κ2) is 9.84. The number of aryl methyl sites for hydroxylation is 2. The van der Waals surface area contributed by atoms with E-state index in [0.717, 1.165) is 37.0 Å². The first-order valence-corrected chi connectivity index (χ1v) is 12.4. The molecule has 1 aromatic heterocycles. The zero-order valence-electron chi connectivity index (χ0n) is 18.7. The van der Waals surface area contributed by atoms with E-state index in [2.05, 4.69) is 10.9 Å². The van der Waals surface area contributed by atoms with Crippen LogP contribution in [-0.4, -0.2) is 59.8 Å². The molecule has 0 unspecified atom stereocenters. The largest absolute Gasteiger partial charge is 0.329 e. The number of amides is 1. The predicted molar refractivity (Wildman–Crippen MR) is 122 cm³/mol. The van der Waals surface area contributed by atoms with Gasteiger partial charge in [-0.3, -0.25) is 4.79 Å². The summed E-state index contributed by atoms with van der Waals surface area (Å²) >= 11 is 0. The summed E-state index contributed by atoms with van der Waals surface area (Å²) in [5.74, 6) is 3.49. The maximum Gasteiger partial charge on any atom is 0.242 e. The summed E-state index contributed by atoms with van der Waals surface area (Å²) in [6, 6.07) is 5.24. The Labute approximate surface area is 185 Å². The van der Waals surface area contributed by atoms with Gasteiger partial charge in [-0.1, -0.05) is 25.2 Å². The SMILES string of the molecule is C#CCN(C(=O)CCc1nc2cc(S(=O)(=O)N(C)C)ccc2n1CC)C1CCCCC1. The molecule has 2 aromatic rings. The number of rotatable bonds is 8. The zero-order chi connectivity index (χ0) is 22.6. The molecule has 8 heteroatoms. The number of carbonyl (C=O) groups excluding carboxylic acids is 1. The highest BCUT2D eigenvalue weighted by Crippen LogP contribution is 2.25. The Morgan fingerprint density at radius 3 is 2.58 bits per heavy atom. The van der Waals surface area contributed by atoms with E-state index in [1.165, 1.54) is 24.8 Å². The molecule has 0 aliphatic heterocycles. The molecule has 1 aliphatic rings. The summed E-state index contributed by atoms with van der Waals surface area (Å²) in [6.07, 6.45) is 11.9. The third-order valence-electron chi connectivity index (χ3n) is 6.05. The molecule has 31 heavy (non-hydrogen) atoms. The van der Waals surface area contributed by atoms with Crippen molar-refractivity contribution in [3.63, 3.8) is 0 Å². The highest BCUT2D eigenvalue weighted by molar-refractivity contribution is 7.89. The van der Waals surface area contributed by atoms with Crippen molar-refractivity contribution in [2.45, 2.75) is 69.4 Å². The van der Waals surface area contributed by atoms with Gasteiger partial charge in [-0.05, 0) is 38.0 Å². The van der Waals surface area contributed by atoms with Gasteiger partial charge in [0.15, 0.2) is 0 Å². The molecule has 0 atom stereocenters. The zero-order valence-corrected chi connectivity index (χ0v) is 19.5. The van der Waals surface area contributed by atoms with Crippen molar-refractivity contribution >= 4 is 27.0 Å². The van der Waals surface area contributed by atoms with Crippen LogP contribution >= 0.6 is 0 Å². The molecule has 3 rings (SSSR count). The summed E-state index contributed by atoms with van der Waals surface area (Å²) in [5.41, 5.74) is 1.50. The smallest absolute Gasteiger partial charge is 0.242 e. The molecule has 0 saturated heterocycles. The van der Waals surface area contributed by atoms with Crippen LogP contribution in [0.4, 0.5) is 0 Å². The van der Waals surface area contributed by atoms with E-state index in [-0.39, 0.29) is 16.8 Å². The monoisotopic (exact) mass is 444 g/mol. The van der Waals surface area contributed by atoms with Crippen LogP contribution in [0.3, 0.4) is 0 Å². The van der Waals surface area contributed by atoms with Crippen LogP contribution in [-0.2, 0) is 27.8 Å². The number of carbonyl (C=O) groups is 1. The number of benzene rings is 1. The van der Waals surface area contributed by atoms with E-state index < -0.39 is 10.0 Å². The molecule has 1 saturated carbocycles. The first-order valence-electron chi connectivity index (χ1n) is 10.9. The van der Waals surface area contributed by atoms with Gasteiger partial charge in [0, 0.05) is 39.5 Å². The molecular formula is C23H32N4O3S. The van der Waals surface area contributed by atoms with Gasteiger partial charge in [-0.25, -0.2) is 17.7 Å². The number of imidazole rings is 1. The highest BCUT2D eigenvalue weighted by atomic mass is 32.2. The molecule has 7 nitrogen and oxygen atoms in total. The van der Waals surface area contributed by atoms with Gasteiger partial charge in [0.2, 0.25) is 15.9 Å². The van der Waals surface area contributed by atoms with Crippen molar-refractivity contribution in [3.8, 4) is 12.3 Å². The van der Waals surface area contributed by atoms with Gasteiger partial charge in [0.25, 0.3) is 0 Å². The van der Waals surface area contributed by atoms with Crippen LogP contribution < -0.4 is 0 Å². The quantitative estimate of drug-likeness (QED) is 0.587. The molecule has 1 aromatic carbocycles. The van der Waals surface area contributed by atoms with E-state index in [9.17, 15) is 13.2 Å². The number of terminal acetylenes is 1. The van der Waals surface area contributed by atoms with E-state index in [0.29, 0.717) is 31.4 Å². The van der Waals surface area contributed by atoms with Crippen LogP contribution in [0.2, 0.25) is 0 Å². The van der Waals surface area contributed by atoms with Crippen molar-refractivity contribution in [3.05, 3.63) is 24.0 Å². The fourth-order valence-corrected chi connectivity index (χ4v) is 5.27. The van der Waals surface area contributed by atoms with Gasteiger partial charge in [-0.15, -0.1) is 6.42 Å². The molecule has 168 valence electrons. The third-order valence-corrected chi connectivity index (χ3v) is 7.86. The van der Waals surface area contributed by atoms with Gasteiger partial charge in [0.05, 0.1) is 22.5 Å². The first-order chi connectivity index (χ1) is 14.8. The van der Waals surface area contributed by atoms with Gasteiger partial charge < -0.3 is 9.47 Å². The average molecular weight is 445 g/mol. The minimum Gasteiger partial charge on any atom is -0.329 e. The van der Waals surface area contributed by atoms with Crippen molar-refractivity contribution in [1.82, 2.24) is 18.8 Å².